The van der Waals surface area contributed by atoms with Crippen LogP contribution < -0.4 is 5.43 Å². The van der Waals surface area contributed by atoms with Crippen LogP contribution in [-0.2, 0) is 19.1 Å². The van der Waals surface area contributed by atoms with Gasteiger partial charge in [-0.3, -0.25) is 15.0 Å². The van der Waals surface area contributed by atoms with Crippen molar-refractivity contribution in [3.05, 3.63) is 0 Å². The number of hydrazine groups is 1. The molecule has 0 spiro atoms. The molecule has 39 heavy (non-hydrogen) atoms. The third-order valence-electron chi connectivity index (χ3n) is 7.14. The fraction of sp³-hybridized carbons (Fsp3) is 0.938. The Morgan fingerprint density at radius 3 is 1.36 bits per heavy atom. The van der Waals surface area contributed by atoms with E-state index < -0.39 is 0 Å². The number of nitrogens with zero attached hydrogens (tertiary/aromatic N) is 1. The molecular formula is C32H64N2O5. The Hall–Kier alpha value is -1.18. The van der Waals surface area contributed by atoms with Crippen LogP contribution in [0.15, 0.2) is 0 Å². The van der Waals surface area contributed by atoms with Gasteiger partial charge in [0.1, 0.15) is 0 Å². The van der Waals surface area contributed by atoms with E-state index in [9.17, 15) is 14.7 Å². The van der Waals surface area contributed by atoms with Crippen molar-refractivity contribution < 1.29 is 24.2 Å². The van der Waals surface area contributed by atoms with E-state index in [1.54, 1.807) is 5.01 Å². The molecule has 0 unspecified atom stereocenters. The molecule has 0 aliphatic rings. The first kappa shape index (κ1) is 37.8. The fourth-order valence-corrected chi connectivity index (χ4v) is 4.63. The summed E-state index contributed by atoms with van der Waals surface area (Å²) in [7, 11) is 0. The quantitative estimate of drug-likeness (QED) is 0.0519. The number of aliphatic hydroxyl groups excluding tert-OH is 1. The lowest BCUT2D eigenvalue weighted by Crippen LogP contribution is -2.42. The topological polar surface area (TPSA) is 88.1 Å². The second-order valence-electron chi connectivity index (χ2n) is 10.9. The van der Waals surface area contributed by atoms with Gasteiger partial charge in [0.05, 0.1) is 32.7 Å². The van der Waals surface area contributed by atoms with E-state index in [2.05, 4.69) is 19.3 Å². The second kappa shape index (κ2) is 31.3. The zero-order valence-electron chi connectivity index (χ0n) is 25.8. The predicted octanol–water partition coefficient (Wildman–Crippen LogP) is 7.49. The molecule has 7 nitrogen and oxygen atoms in total. The van der Waals surface area contributed by atoms with Crippen molar-refractivity contribution in [1.82, 2.24) is 10.4 Å². The highest BCUT2D eigenvalue weighted by Crippen LogP contribution is 2.11. The molecule has 0 radical (unpaired) electrons. The zero-order valence-corrected chi connectivity index (χ0v) is 25.8. The number of carbonyl (C=O) groups excluding carboxylic acids is 2. The molecule has 0 amide bonds. The molecular weight excluding hydrogens is 492 g/mol. The third-order valence-corrected chi connectivity index (χ3v) is 7.14. The van der Waals surface area contributed by atoms with Crippen LogP contribution >= 0.6 is 0 Å². The van der Waals surface area contributed by atoms with E-state index in [4.69, 9.17) is 9.47 Å². The molecule has 0 aliphatic carbocycles. The van der Waals surface area contributed by atoms with Crippen molar-refractivity contribution in [1.29, 1.82) is 0 Å². The average molecular weight is 557 g/mol. The van der Waals surface area contributed by atoms with Gasteiger partial charge in [-0.2, -0.15) is 0 Å². The van der Waals surface area contributed by atoms with Crippen LogP contribution in [0.1, 0.15) is 155 Å². The number of rotatable bonds is 31. The fourth-order valence-electron chi connectivity index (χ4n) is 4.63. The molecule has 0 aromatic rings. The Kier molecular flexibility index (Phi) is 30.4. The van der Waals surface area contributed by atoms with Crippen molar-refractivity contribution in [2.45, 2.75) is 155 Å². The standard InChI is InChI=1S/C32H64N2O5/c1-3-5-7-9-11-13-15-17-19-21-29-38-31(36)23-25-33-34(27-28-35)26-24-32(37)39-30-22-20-18-16-14-12-10-8-6-4-2/h33,35H,3-30H2,1-2H3. The minimum atomic E-state index is -0.216. The molecule has 0 aliphatic heterocycles. The largest absolute Gasteiger partial charge is 0.466 e. The number of hydrogen-bond donors (Lipinski definition) is 2. The molecule has 0 bridgehead atoms. The van der Waals surface area contributed by atoms with Crippen molar-refractivity contribution in [3.63, 3.8) is 0 Å². The highest BCUT2D eigenvalue weighted by Gasteiger charge is 2.10. The van der Waals surface area contributed by atoms with Gasteiger partial charge in [-0.25, -0.2) is 5.01 Å². The first-order chi connectivity index (χ1) is 19.1. The van der Waals surface area contributed by atoms with Gasteiger partial charge in [0, 0.05) is 19.6 Å². The van der Waals surface area contributed by atoms with Crippen molar-refractivity contribution in [2.24, 2.45) is 0 Å². The number of esters is 2. The molecule has 2 N–H and O–H groups in total. The monoisotopic (exact) mass is 556 g/mol. The summed E-state index contributed by atoms with van der Waals surface area (Å²) >= 11 is 0. The summed E-state index contributed by atoms with van der Waals surface area (Å²) in [4.78, 5) is 24.1. The number of aliphatic hydroxyl groups is 1. The minimum absolute atomic E-state index is 0.0240. The van der Waals surface area contributed by atoms with E-state index in [1.165, 1.54) is 103 Å². The maximum absolute atomic E-state index is 12.1. The van der Waals surface area contributed by atoms with Crippen molar-refractivity contribution in [2.75, 3.05) is 39.5 Å². The smallest absolute Gasteiger partial charge is 0.307 e. The third kappa shape index (κ3) is 29.6. The molecule has 0 aromatic heterocycles. The van der Waals surface area contributed by atoms with Gasteiger partial charge in [-0.05, 0) is 12.8 Å². The molecule has 0 saturated heterocycles. The van der Waals surface area contributed by atoms with Gasteiger partial charge in [0.15, 0.2) is 0 Å². The first-order valence-corrected chi connectivity index (χ1v) is 16.5. The lowest BCUT2D eigenvalue weighted by molar-refractivity contribution is -0.145. The van der Waals surface area contributed by atoms with Gasteiger partial charge >= 0.3 is 11.9 Å². The van der Waals surface area contributed by atoms with E-state index in [0.29, 0.717) is 32.8 Å². The summed E-state index contributed by atoms with van der Waals surface area (Å²) in [5.74, 6) is -0.426. The van der Waals surface area contributed by atoms with Gasteiger partial charge in [0.25, 0.3) is 0 Å². The van der Waals surface area contributed by atoms with Gasteiger partial charge < -0.3 is 14.6 Å². The van der Waals surface area contributed by atoms with Gasteiger partial charge in [0.2, 0.25) is 0 Å². The second-order valence-corrected chi connectivity index (χ2v) is 10.9. The lowest BCUT2D eigenvalue weighted by atomic mass is 10.1. The Morgan fingerprint density at radius 2 is 0.949 bits per heavy atom. The number of hydrogen-bond acceptors (Lipinski definition) is 7. The van der Waals surface area contributed by atoms with E-state index in [1.807, 2.05) is 0 Å². The van der Waals surface area contributed by atoms with E-state index >= 15 is 0 Å². The molecule has 0 aromatic carbocycles. The molecule has 7 heteroatoms. The highest BCUT2D eigenvalue weighted by atomic mass is 16.5. The zero-order chi connectivity index (χ0) is 28.7. The molecule has 0 fully saturated rings. The van der Waals surface area contributed by atoms with Crippen molar-refractivity contribution in [3.8, 4) is 0 Å². The SMILES string of the molecule is CCCCCCCCCCCCOC(=O)CCNN(CCO)CCC(=O)OCCCCCCCCCCCC. The Labute approximate surface area is 241 Å². The molecule has 0 saturated carbocycles. The maximum atomic E-state index is 12.1. The van der Waals surface area contributed by atoms with Crippen LogP contribution in [0.3, 0.4) is 0 Å². The van der Waals surface area contributed by atoms with Gasteiger partial charge in [-0.1, -0.05) is 129 Å². The Balaban J connectivity index is 3.64. The van der Waals surface area contributed by atoms with Crippen LogP contribution in [0, 0.1) is 0 Å². The van der Waals surface area contributed by atoms with Crippen LogP contribution in [0.25, 0.3) is 0 Å². The van der Waals surface area contributed by atoms with Gasteiger partial charge in [-0.15, -0.1) is 0 Å². The Bertz CT molecular complexity index is 533. The average Bonchev–Trinajstić information content (AvgIpc) is 2.93. The number of ether oxygens (including phenoxy) is 2. The molecule has 0 atom stereocenters. The number of unbranched alkanes of at least 4 members (excludes halogenated alkanes) is 18. The summed E-state index contributed by atoms with van der Waals surface area (Å²) in [6.45, 7) is 6.68. The summed E-state index contributed by atoms with van der Waals surface area (Å²) < 4.78 is 10.7. The summed E-state index contributed by atoms with van der Waals surface area (Å²) in [5, 5.41) is 11.1. The highest BCUT2D eigenvalue weighted by molar-refractivity contribution is 5.69. The first-order valence-electron chi connectivity index (χ1n) is 16.5. The molecule has 232 valence electrons. The Morgan fingerprint density at radius 1 is 0.564 bits per heavy atom. The maximum Gasteiger partial charge on any atom is 0.307 e. The van der Waals surface area contributed by atoms with Crippen LogP contribution in [0.5, 0.6) is 0 Å². The summed E-state index contributed by atoms with van der Waals surface area (Å²) in [5.41, 5.74) is 3.13. The number of nitrogens with one attached hydrogen (secondary N) is 1. The minimum Gasteiger partial charge on any atom is -0.466 e. The van der Waals surface area contributed by atoms with E-state index in [-0.39, 0.29) is 31.4 Å². The van der Waals surface area contributed by atoms with E-state index in [0.717, 1.165) is 25.7 Å². The molecule has 0 heterocycles. The lowest BCUT2D eigenvalue weighted by Gasteiger charge is -2.21. The summed E-state index contributed by atoms with van der Waals surface area (Å²) in [6, 6.07) is 0. The van der Waals surface area contributed by atoms with Crippen LogP contribution in [0.2, 0.25) is 0 Å². The normalized spacial score (nSPS) is 11.3. The van der Waals surface area contributed by atoms with Crippen LogP contribution in [-0.4, -0.2) is 61.5 Å². The van der Waals surface area contributed by atoms with Crippen molar-refractivity contribution >= 4 is 11.9 Å². The summed E-state index contributed by atoms with van der Waals surface area (Å²) in [6.07, 6.45) is 25.6. The molecule has 0 rings (SSSR count). The predicted molar refractivity (Wildman–Crippen MR) is 162 cm³/mol. The number of carbonyl (C=O) groups is 2. The van der Waals surface area contributed by atoms with Crippen LogP contribution in [0.4, 0.5) is 0 Å².